The molecule has 1 fully saturated rings. The second kappa shape index (κ2) is 8.60. The maximum absolute atomic E-state index is 12.2. The highest BCUT2D eigenvalue weighted by Crippen LogP contribution is 2.31. The average Bonchev–Trinajstić information content (AvgIpc) is 2.64. The van der Waals surface area contributed by atoms with Crippen LogP contribution in [-0.2, 0) is 14.2 Å². The molecule has 28 heavy (non-hydrogen) atoms. The van der Waals surface area contributed by atoms with Gasteiger partial charge in [-0.2, -0.15) is 0 Å². The Morgan fingerprint density at radius 1 is 1.07 bits per heavy atom. The Balaban J connectivity index is 2.21. The minimum absolute atomic E-state index is 0.0774. The van der Waals surface area contributed by atoms with Crippen LogP contribution in [0, 0.1) is 0 Å². The van der Waals surface area contributed by atoms with E-state index in [4.69, 9.17) is 14.2 Å². The first-order valence-electron chi connectivity index (χ1n) is 9.04. The number of carbonyl (C=O) groups is 3. The first-order chi connectivity index (χ1) is 13.1. The van der Waals surface area contributed by atoms with Crippen molar-refractivity contribution in [1.29, 1.82) is 0 Å². The minimum Gasteiger partial charge on any atom is -0.465 e. The first kappa shape index (κ1) is 21.7. The molecule has 0 aliphatic carbocycles. The fraction of sp³-hybridized carbons (Fsp3) is 0.550. The highest BCUT2D eigenvalue weighted by Gasteiger charge is 2.34. The van der Waals surface area contributed by atoms with Gasteiger partial charge in [-0.1, -0.05) is 6.07 Å². The van der Waals surface area contributed by atoms with Crippen LogP contribution in [0.3, 0.4) is 0 Å². The Hall–Kier alpha value is -2.61. The predicted molar refractivity (Wildman–Crippen MR) is 100 cm³/mol. The lowest BCUT2D eigenvalue weighted by molar-refractivity contribution is -0.00153. The van der Waals surface area contributed by atoms with E-state index in [2.05, 4.69) is 0 Å². The first-order valence-corrected chi connectivity index (χ1v) is 9.04. The lowest BCUT2D eigenvalue weighted by atomic mass is 9.85. The van der Waals surface area contributed by atoms with E-state index < -0.39 is 29.7 Å². The van der Waals surface area contributed by atoms with Crippen molar-refractivity contribution in [2.45, 2.75) is 44.8 Å². The quantitative estimate of drug-likeness (QED) is 0.621. The zero-order chi connectivity index (χ0) is 21.1. The molecule has 1 N–H and O–H groups in total. The smallest absolute Gasteiger partial charge is 0.410 e. The number of hydrogen-bond donors (Lipinski definition) is 1. The van der Waals surface area contributed by atoms with E-state index in [0.717, 1.165) is 0 Å². The molecule has 0 aromatic heterocycles. The molecule has 0 unspecified atom stereocenters. The van der Waals surface area contributed by atoms with Crippen molar-refractivity contribution in [2.24, 2.45) is 0 Å². The molecule has 2 atom stereocenters. The van der Waals surface area contributed by atoms with Gasteiger partial charge in [-0.3, -0.25) is 0 Å². The van der Waals surface area contributed by atoms with Gasteiger partial charge >= 0.3 is 18.0 Å². The molecule has 0 saturated carbocycles. The zero-order valence-corrected chi connectivity index (χ0v) is 16.9. The topological polar surface area (TPSA) is 102 Å². The number of ether oxygens (including phenoxy) is 3. The number of methoxy groups -OCH3 is 2. The molecular formula is C20H27NO7. The average molecular weight is 393 g/mol. The zero-order valence-electron chi connectivity index (χ0n) is 16.9. The number of β-amino-alcohol motifs (C(OH)–C–C–N with tert-alkyl or cyclic N) is 1. The van der Waals surface area contributed by atoms with E-state index in [9.17, 15) is 19.5 Å². The van der Waals surface area contributed by atoms with Crippen molar-refractivity contribution >= 4 is 18.0 Å². The second-order valence-corrected chi connectivity index (χ2v) is 7.68. The number of aliphatic hydroxyl groups is 1. The lowest BCUT2D eigenvalue weighted by Gasteiger charge is -2.37. The van der Waals surface area contributed by atoms with Crippen LogP contribution in [0.25, 0.3) is 0 Å². The summed E-state index contributed by atoms with van der Waals surface area (Å²) in [5, 5.41) is 10.6. The summed E-state index contributed by atoms with van der Waals surface area (Å²) >= 11 is 0. The van der Waals surface area contributed by atoms with Gasteiger partial charge in [-0.15, -0.1) is 0 Å². The molecule has 1 aliphatic heterocycles. The predicted octanol–water partition coefficient (Wildman–Crippen LogP) is 2.35. The van der Waals surface area contributed by atoms with Crippen LogP contribution < -0.4 is 0 Å². The van der Waals surface area contributed by atoms with Gasteiger partial charge in [0.15, 0.2) is 0 Å². The summed E-state index contributed by atoms with van der Waals surface area (Å²) in [5.41, 5.74) is 0.245. The van der Waals surface area contributed by atoms with Crippen molar-refractivity contribution < 1.29 is 33.7 Å². The summed E-state index contributed by atoms with van der Waals surface area (Å²) in [6.45, 7) is 5.87. The van der Waals surface area contributed by atoms with Crippen molar-refractivity contribution in [1.82, 2.24) is 4.90 Å². The third-order valence-electron chi connectivity index (χ3n) is 4.52. The van der Waals surface area contributed by atoms with Crippen molar-refractivity contribution in [3.8, 4) is 0 Å². The number of carbonyl (C=O) groups excluding carboxylic acids is 3. The van der Waals surface area contributed by atoms with Gasteiger partial charge in [0.2, 0.25) is 0 Å². The number of amides is 1. The fourth-order valence-corrected chi connectivity index (χ4v) is 3.17. The number of likely N-dealkylation sites (tertiary alicyclic amines) is 1. The SMILES string of the molecule is COC(=O)c1ccc([C@@H]2CCN(C(=O)OC(C)(C)C)C[C@H]2O)cc1C(=O)OC. The lowest BCUT2D eigenvalue weighted by Crippen LogP contribution is -2.47. The van der Waals surface area contributed by atoms with E-state index in [1.54, 1.807) is 26.8 Å². The molecule has 1 aromatic rings. The van der Waals surface area contributed by atoms with Gasteiger partial charge in [0.1, 0.15) is 5.60 Å². The molecular weight excluding hydrogens is 366 g/mol. The molecule has 0 bridgehead atoms. The third-order valence-corrected chi connectivity index (χ3v) is 4.52. The molecule has 8 heteroatoms. The highest BCUT2D eigenvalue weighted by molar-refractivity contribution is 6.03. The molecule has 1 aliphatic rings. The van der Waals surface area contributed by atoms with Crippen molar-refractivity contribution in [3.63, 3.8) is 0 Å². The molecule has 0 radical (unpaired) electrons. The minimum atomic E-state index is -0.837. The van der Waals surface area contributed by atoms with Gasteiger partial charge in [-0.05, 0) is 44.9 Å². The number of rotatable bonds is 3. The molecule has 2 rings (SSSR count). The van der Waals surface area contributed by atoms with Gasteiger partial charge in [0, 0.05) is 12.5 Å². The molecule has 154 valence electrons. The molecule has 8 nitrogen and oxygen atoms in total. The van der Waals surface area contributed by atoms with Crippen LogP contribution in [-0.4, -0.2) is 67.1 Å². The number of esters is 2. The van der Waals surface area contributed by atoms with E-state index in [1.165, 1.54) is 31.3 Å². The fourth-order valence-electron chi connectivity index (χ4n) is 3.17. The van der Waals surface area contributed by atoms with Gasteiger partial charge in [0.25, 0.3) is 0 Å². The normalized spacial score (nSPS) is 19.7. The summed E-state index contributed by atoms with van der Waals surface area (Å²) in [6, 6.07) is 4.70. The largest absolute Gasteiger partial charge is 0.465 e. The van der Waals surface area contributed by atoms with Crippen molar-refractivity contribution in [3.05, 3.63) is 34.9 Å². The number of piperidine rings is 1. The molecule has 1 saturated heterocycles. The number of benzene rings is 1. The van der Waals surface area contributed by atoms with Crippen LogP contribution in [0.15, 0.2) is 18.2 Å². The highest BCUT2D eigenvalue weighted by atomic mass is 16.6. The maximum Gasteiger partial charge on any atom is 0.410 e. The third kappa shape index (κ3) is 5.01. The van der Waals surface area contributed by atoms with Crippen LogP contribution in [0.5, 0.6) is 0 Å². The molecule has 1 heterocycles. The van der Waals surface area contributed by atoms with E-state index in [0.29, 0.717) is 18.5 Å². The monoisotopic (exact) mass is 393 g/mol. The van der Waals surface area contributed by atoms with E-state index >= 15 is 0 Å². The molecule has 1 aromatic carbocycles. The van der Waals surface area contributed by atoms with E-state index in [-0.39, 0.29) is 23.6 Å². The summed E-state index contributed by atoms with van der Waals surface area (Å²) in [5.74, 6) is -1.61. The van der Waals surface area contributed by atoms with Crippen molar-refractivity contribution in [2.75, 3.05) is 27.3 Å². The Morgan fingerprint density at radius 3 is 2.21 bits per heavy atom. The number of aliphatic hydroxyl groups excluding tert-OH is 1. The summed E-state index contributed by atoms with van der Waals surface area (Å²) < 4.78 is 14.8. The van der Waals surface area contributed by atoms with Gasteiger partial charge < -0.3 is 24.2 Å². The van der Waals surface area contributed by atoms with Gasteiger partial charge in [-0.25, -0.2) is 14.4 Å². The Kier molecular flexibility index (Phi) is 6.66. The molecule has 1 amide bonds. The summed E-state index contributed by atoms with van der Waals surface area (Å²) in [6.07, 6.45) is -0.824. The Morgan fingerprint density at radius 2 is 1.68 bits per heavy atom. The molecule has 0 spiro atoms. The number of nitrogens with zero attached hydrogens (tertiary/aromatic N) is 1. The standard InChI is InChI=1S/C20H27NO7/c1-20(2,3)28-19(25)21-9-8-13(16(22)11-21)12-6-7-14(17(23)26-4)15(10-12)18(24)27-5/h6-7,10,13,16,22H,8-9,11H2,1-5H3/t13-,16+/m0/s1. The summed E-state index contributed by atoms with van der Waals surface area (Å²) in [4.78, 5) is 37.7. The number of hydrogen-bond acceptors (Lipinski definition) is 7. The van der Waals surface area contributed by atoms with Gasteiger partial charge in [0.05, 0.1) is 38.0 Å². The van der Waals surface area contributed by atoms with Crippen LogP contribution in [0.2, 0.25) is 0 Å². The summed E-state index contributed by atoms with van der Waals surface area (Å²) in [7, 11) is 2.46. The second-order valence-electron chi connectivity index (χ2n) is 7.68. The van der Waals surface area contributed by atoms with Crippen LogP contribution >= 0.6 is 0 Å². The van der Waals surface area contributed by atoms with E-state index in [1.807, 2.05) is 0 Å². The van der Waals surface area contributed by atoms with Crippen LogP contribution in [0.4, 0.5) is 4.79 Å². The Bertz CT molecular complexity index is 753. The Labute approximate surface area is 164 Å². The maximum atomic E-state index is 12.2. The van der Waals surface area contributed by atoms with Crippen LogP contribution in [0.1, 0.15) is 59.4 Å².